The van der Waals surface area contributed by atoms with Crippen molar-refractivity contribution in [3.8, 4) is 11.4 Å². The lowest BCUT2D eigenvalue weighted by Crippen LogP contribution is -2.14. The van der Waals surface area contributed by atoms with Gasteiger partial charge in [0, 0.05) is 17.7 Å². The van der Waals surface area contributed by atoms with E-state index in [0.29, 0.717) is 11.4 Å². The molecular formula is C10H8N2O3P-. The zero-order valence-corrected chi connectivity index (χ0v) is 9.04. The maximum absolute atomic E-state index is 11.0. The molecule has 0 aliphatic carbocycles. The van der Waals surface area contributed by atoms with Crippen molar-refractivity contribution in [2.45, 2.75) is 0 Å². The predicted octanol–water partition coefficient (Wildman–Crippen LogP) is 0.315. The third-order valence-corrected chi connectivity index (χ3v) is 2.93. The minimum Gasteiger partial charge on any atom is -0.775 e. The second-order valence-electron chi connectivity index (χ2n) is 3.13. The highest BCUT2D eigenvalue weighted by atomic mass is 31.2. The Morgan fingerprint density at radius 3 is 2.50 bits per heavy atom. The molecule has 2 rings (SSSR count). The van der Waals surface area contributed by atoms with E-state index >= 15 is 0 Å². The van der Waals surface area contributed by atoms with Crippen molar-refractivity contribution >= 4 is 12.9 Å². The number of nitrogens with zero attached hydrogens (tertiary/aromatic N) is 2. The van der Waals surface area contributed by atoms with Gasteiger partial charge in [0.15, 0.2) is 7.60 Å². The summed E-state index contributed by atoms with van der Waals surface area (Å²) in [5, 5.41) is -0.164. The van der Waals surface area contributed by atoms with Gasteiger partial charge in [-0.3, -0.25) is 9.97 Å². The van der Waals surface area contributed by atoms with E-state index in [1.54, 1.807) is 24.4 Å². The van der Waals surface area contributed by atoms with Crippen molar-refractivity contribution in [3.63, 3.8) is 0 Å². The highest BCUT2D eigenvalue weighted by Crippen LogP contribution is 2.28. The van der Waals surface area contributed by atoms with Crippen molar-refractivity contribution < 1.29 is 14.4 Å². The lowest BCUT2D eigenvalue weighted by atomic mass is 10.2. The number of rotatable bonds is 2. The van der Waals surface area contributed by atoms with Gasteiger partial charge in [-0.2, -0.15) is 0 Å². The SMILES string of the molecule is O=P([O-])(O)c1ccnc(-c2ccccn2)c1. The van der Waals surface area contributed by atoms with Gasteiger partial charge in [-0.15, -0.1) is 0 Å². The van der Waals surface area contributed by atoms with Crippen LogP contribution < -0.4 is 10.2 Å². The number of pyridine rings is 2. The van der Waals surface area contributed by atoms with Gasteiger partial charge in [0.25, 0.3) is 0 Å². The summed E-state index contributed by atoms with van der Waals surface area (Å²) in [6, 6.07) is 7.75. The topological polar surface area (TPSA) is 86.1 Å². The molecule has 2 heterocycles. The highest BCUT2D eigenvalue weighted by molar-refractivity contribution is 7.58. The monoisotopic (exact) mass is 235 g/mol. The average Bonchev–Trinajstić information content (AvgIpc) is 2.29. The lowest BCUT2D eigenvalue weighted by molar-refractivity contribution is -0.188. The third kappa shape index (κ3) is 2.33. The summed E-state index contributed by atoms with van der Waals surface area (Å²) in [6.07, 6.45) is 2.90. The molecule has 82 valence electrons. The maximum atomic E-state index is 11.0. The van der Waals surface area contributed by atoms with Gasteiger partial charge in [0.1, 0.15) is 0 Å². The summed E-state index contributed by atoms with van der Waals surface area (Å²) in [7, 11) is -4.48. The molecule has 1 unspecified atom stereocenters. The van der Waals surface area contributed by atoms with Gasteiger partial charge in [-0.25, -0.2) is 0 Å². The van der Waals surface area contributed by atoms with Crippen LogP contribution >= 0.6 is 7.60 Å². The molecule has 16 heavy (non-hydrogen) atoms. The molecule has 0 aliphatic rings. The molecule has 0 saturated carbocycles. The van der Waals surface area contributed by atoms with Crippen molar-refractivity contribution in [3.05, 3.63) is 42.7 Å². The van der Waals surface area contributed by atoms with E-state index < -0.39 is 7.60 Å². The van der Waals surface area contributed by atoms with Crippen molar-refractivity contribution in [1.82, 2.24) is 9.97 Å². The number of hydrogen-bond acceptors (Lipinski definition) is 4. The minimum atomic E-state index is -4.48. The zero-order chi connectivity index (χ0) is 11.6. The van der Waals surface area contributed by atoms with Crippen LogP contribution in [-0.2, 0) is 4.57 Å². The standard InChI is InChI=1S/C10H9N2O3P/c13-16(14,15)8-4-6-12-10(7-8)9-3-1-2-5-11-9/h1-7H,(H2,13,14,15)/p-1. The number of aromatic nitrogens is 2. The second-order valence-corrected chi connectivity index (χ2v) is 4.69. The largest absolute Gasteiger partial charge is 0.775 e. The van der Waals surface area contributed by atoms with Gasteiger partial charge in [0.2, 0.25) is 0 Å². The fraction of sp³-hybridized carbons (Fsp3) is 0. The first-order valence-electron chi connectivity index (χ1n) is 4.49. The summed E-state index contributed by atoms with van der Waals surface area (Å²) in [5.74, 6) is 0. The first-order valence-corrected chi connectivity index (χ1v) is 6.07. The Balaban J connectivity index is 2.49. The van der Waals surface area contributed by atoms with Crippen molar-refractivity contribution in [2.75, 3.05) is 0 Å². The van der Waals surface area contributed by atoms with Crippen LogP contribution in [0.2, 0.25) is 0 Å². The smallest absolute Gasteiger partial charge is 0.162 e. The quantitative estimate of drug-likeness (QED) is 0.757. The molecule has 0 saturated heterocycles. The third-order valence-electron chi connectivity index (χ3n) is 2.00. The van der Waals surface area contributed by atoms with E-state index in [-0.39, 0.29) is 5.30 Å². The summed E-state index contributed by atoms with van der Waals surface area (Å²) >= 11 is 0. The van der Waals surface area contributed by atoms with Gasteiger partial charge in [-0.1, -0.05) is 6.07 Å². The van der Waals surface area contributed by atoms with Gasteiger partial charge in [0.05, 0.1) is 11.4 Å². The van der Waals surface area contributed by atoms with Gasteiger partial charge < -0.3 is 14.4 Å². The fourth-order valence-corrected chi connectivity index (χ4v) is 1.79. The van der Waals surface area contributed by atoms with Crippen LogP contribution in [0.1, 0.15) is 0 Å². The normalized spacial score (nSPS) is 14.4. The van der Waals surface area contributed by atoms with Crippen LogP contribution in [0.4, 0.5) is 0 Å². The summed E-state index contributed by atoms with van der Waals surface area (Å²) < 4.78 is 11.0. The second kappa shape index (κ2) is 4.14. The molecule has 1 atom stereocenters. The van der Waals surface area contributed by atoms with E-state index in [1.165, 1.54) is 18.3 Å². The lowest BCUT2D eigenvalue weighted by Gasteiger charge is -2.15. The molecule has 5 nitrogen and oxygen atoms in total. The number of hydrogen-bond donors (Lipinski definition) is 1. The fourth-order valence-electron chi connectivity index (χ4n) is 1.25. The summed E-state index contributed by atoms with van der Waals surface area (Å²) in [4.78, 5) is 27.9. The maximum Gasteiger partial charge on any atom is 0.162 e. The van der Waals surface area contributed by atoms with Crippen molar-refractivity contribution in [1.29, 1.82) is 0 Å². The Labute approximate surface area is 92.0 Å². The molecule has 6 heteroatoms. The van der Waals surface area contributed by atoms with Crippen molar-refractivity contribution in [2.24, 2.45) is 0 Å². The Morgan fingerprint density at radius 1 is 1.12 bits per heavy atom. The molecule has 2 aromatic heterocycles. The molecule has 0 aliphatic heterocycles. The van der Waals surface area contributed by atoms with E-state index in [9.17, 15) is 9.46 Å². The molecule has 0 fully saturated rings. The van der Waals surface area contributed by atoms with E-state index in [2.05, 4.69) is 9.97 Å². The molecule has 1 N–H and O–H groups in total. The minimum absolute atomic E-state index is 0.164. The molecule has 2 aromatic rings. The van der Waals surface area contributed by atoms with E-state index in [1.807, 2.05) is 0 Å². The highest BCUT2D eigenvalue weighted by Gasteiger charge is 2.08. The van der Waals surface area contributed by atoms with E-state index in [0.717, 1.165) is 0 Å². The molecule has 0 aromatic carbocycles. The summed E-state index contributed by atoms with van der Waals surface area (Å²) in [6.45, 7) is 0. The Kier molecular flexibility index (Phi) is 2.83. The first kappa shape index (κ1) is 11.0. The van der Waals surface area contributed by atoms with Crippen LogP contribution in [0.25, 0.3) is 11.4 Å². The van der Waals surface area contributed by atoms with Crippen LogP contribution in [0.3, 0.4) is 0 Å². The molecule has 0 spiro atoms. The Morgan fingerprint density at radius 2 is 1.88 bits per heavy atom. The van der Waals surface area contributed by atoms with Crippen LogP contribution in [0.15, 0.2) is 42.7 Å². The van der Waals surface area contributed by atoms with Crippen LogP contribution in [0.5, 0.6) is 0 Å². The van der Waals surface area contributed by atoms with E-state index in [4.69, 9.17) is 4.89 Å². The van der Waals surface area contributed by atoms with Gasteiger partial charge in [-0.05, 0) is 24.3 Å². The molecule has 0 radical (unpaired) electrons. The first-order chi connectivity index (χ1) is 7.57. The molecule has 0 bridgehead atoms. The predicted molar refractivity (Wildman–Crippen MR) is 56.9 cm³/mol. The van der Waals surface area contributed by atoms with Gasteiger partial charge >= 0.3 is 0 Å². The van der Waals surface area contributed by atoms with Crippen LogP contribution in [-0.4, -0.2) is 14.9 Å². The average molecular weight is 235 g/mol. The Bertz CT molecular complexity index is 539. The molecule has 0 amide bonds. The summed E-state index contributed by atoms with van der Waals surface area (Å²) in [5.41, 5.74) is 0.959. The Hall–Kier alpha value is -1.55. The molecular weight excluding hydrogens is 227 g/mol. The zero-order valence-electron chi connectivity index (χ0n) is 8.15. The van der Waals surface area contributed by atoms with Crippen LogP contribution in [0, 0.1) is 0 Å².